The predicted molar refractivity (Wildman–Crippen MR) is 74.3 cm³/mol. The molecule has 0 unspecified atom stereocenters. The molecule has 0 atom stereocenters. The molecule has 0 fully saturated rings. The topological polar surface area (TPSA) is 92.4 Å². The van der Waals surface area contributed by atoms with Crippen LogP contribution in [0, 0.1) is 6.92 Å². The van der Waals surface area contributed by atoms with Crippen molar-refractivity contribution in [3.05, 3.63) is 29.3 Å². The van der Waals surface area contributed by atoms with Gasteiger partial charge in [-0.1, -0.05) is 18.6 Å². The van der Waals surface area contributed by atoms with Crippen LogP contribution in [0.25, 0.3) is 0 Å². The molecule has 5 nitrogen and oxygen atoms in total. The lowest BCUT2D eigenvalue weighted by atomic mass is 10.1. The monoisotopic (exact) mass is 264 g/mol. The Morgan fingerprint density at radius 2 is 2.00 bits per heavy atom. The first-order chi connectivity index (χ1) is 9.06. The third-order valence-corrected chi connectivity index (χ3v) is 2.87. The summed E-state index contributed by atoms with van der Waals surface area (Å²) in [5.41, 5.74) is 6.51. The third kappa shape index (κ3) is 4.71. The van der Waals surface area contributed by atoms with Crippen LogP contribution in [0.2, 0.25) is 0 Å². The van der Waals surface area contributed by atoms with Crippen LogP contribution in [0.3, 0.4) is 0 Å². The first-order valence-corrected chi connectivity index (χ1v) is 6.39. The van der Waals surface area contributed by atoms with E-state index >= 15 is 0 Å². The Kier molecular flexibility index (Phi) is 6.02. The molecule has 1 rings (SSSR count). The van der Waals surface area contributed by atoms with Crippen LogP contribution < -0.4 is 11.1 Å². The fourth-order valence-corrected chi connectivity index (χ4v) is 1.88. The van der Waals surface area contributed by atoms with Crippen molar-refractivity contribution in [2.75, 3.05) is 11.9 Å². The van der Waals surface area contributed by atoms with Gasteiger partial charge in [0.1, 0.15) is 0 Å². The van der Waals surface area contributed by atoms with Crippen molar-refractivity contribution in [3.63, 3.8) is 0 Å². The highest BCUT2D eigenvalue weighted by Crippen LogP contribution is 2.20. The highest BCUT2D eigenvalue weighted by molar-refractivity contribution is 6.01. The highest BCUT2D eigenvalue weighted by atomic mass is 16.4. The van der Waals surface area contributed by atoms with E-state index in [1.807, 2.05) is 0 Å². The number of hydrogen-bond acceptors (Lipinski definition) is 3. The number of nitrogens with one attached hydrogen (secondary N) is 1. The molecule has 1 aromatic rings. The van der Waals surface area contributed by atoms with Crippen LogP contribution in [0.4, 0.5) is 5.69 Å². The molecular weight excluding hydrogens is 244 g/mol. The van der Waals surface area contributed by atoms with E-state index in [1.165, 1.54) is 0 Å². The lowest BCUT2D eigenvalue weighted by Crippen LogP contribution is -2.15. The Bertz CT molecular complexity index is 458. The lowest BCUT2D eigenvalue weighted by molar-refractivity contribution is -0.116. The largest absolute Gasteiger partial charge is 0.478 e. The number of carbonyl (C=O) groups is 2. The van der Waals surface area contributed by atoms with Gasteiger partial charge in [0.05, 0.1) is 11.3 Å². The lowest BCUT2D eigenvalue weighted by Gasteiger charge is -2.10. The minimum Gasteiger partial charge on any atom is -0.478 e. The van der Waals surface area contributed by atoms with Gasteiger partial charge in [0.25, 0.3) is 0 Å². The van der Waals surface area contributed by atoms with Crippen molar-refractivity contribution in [1.82, 2.24) is 0 Å². The molecule has 0 saturated heterocycles. The number of carboxylic acids is 1. The number of carbonyl (C=O) groups excluding carboxylic acids is 1. The number of benzene rings is 1. The minimum atomic E-state index is -1.03. The summed E-state index contributed by atoms with van der Waals surface area (Å²) in [4.78, 5) is 22.9. The second-order valence-electron chi connectivity index (χ2n) is 4.45. The van der Waals surface area contributed by atoms with Crippen LogP contribution >= 0.6 is 0 Å². The van der Waals surface area contributed by atoms with E-state index in [9.17, 15) is 9.59 Å². The van der Waals surface area contributed by atoms with Gasteiger partial charge in [-0.25, -0.2) is 4.79 Å². The molecule has 0 radical (unpaired) electrons. The summed E-state index contributed by atoms with van der Waals surface area (Å²) in [5.74, 6) is -1.19. The van der Waals surface area contributed by atoms with Crippen LogP contribution in [0.15, 0.2) is 18.2 Å². The third-order valence-electron chi connectivity index (χ3n) is 2.87. The number of aryl methyl sites for hydroxylation is 1. The average molecular weight is 264 g/mol. The minimum absolute atomic E-state index is 0.151. The molecule has 0 heterocycles. The summed E-state index contributed by atoms with van der Waals surface area (Å²) in [6.45, 7) is 2.34. The van der Waals surface area contributed by atoms with E-state index in [-0.39, 0.29) is 11.5 Å². The zero-order valence-corrected chi connectivity index (χ0v) is 11.1. The molecule has 19 heavy (non-hydrogen) atoms. The van der Waals surface area contributed by atoms with Crippen molar-refractivity contribution < 1.29 is 14.7 Å². The number of rotatable bonds is 7. The predicted octanol–water partition coefficient (Wildman–Crippen LogP) is 2.15. The van der Waals surface area contributed by atoms with Gasteiger partial charge < -0.3 is 16.2 Å². The molecule has 0 aromatic heterocycles. The van der Waals surface area contributed by atoms with Crippen LogP contribution in [0.1, 0.15) is 41.6 Å². The van der Waals surface area contributed by atoms with Gasteiger partial charge >= 0.3 is 5.97 Å². The summed E-state index contributed by atoms with van der Waals surface area (Å²) in [7, 11) is 0. The fraction of sp³-hybridized carbons (Fsp3) is 0.429. The Hall–Kier alpha value is -1.88. The molecular formula is C14H20N2O3. The number of carboxylic acid groups (broad SMARTS) is 1. The second-order valence-corrected chi connectivity index (χ2v) is 4.45. The number of unbranched alkanes of at least 4 members (excludes halogenated alkanes) is 2. The summed E-state index contributed by atoms with van der Waals surface area (Å²) >= 11 is 0. The maximum atomic E-state index is 11.7. The standard InChI is InChI=1S/C14H20N2O3/c1-10-6-5-7-11(13(10)14(18)19)16-12(17)8-3-2-4-9-15/h5-7H,2-4,8-9,15H2,1H3,(H,16,17)(H,18,19). The number of amides is 1. The molecule has 0 saturated carbocycles. The molecule has 104 valence electrons. The van der Waals surface area contributed by atoms with Crippen molar-refractivity contribution in [2.45, 2.75) is 32.6 Å². The SMILES string of the molecule is Cc1cccc(NC(=O)CCCCCN)c1C(=O)O. The van der Waals surface area contributed by atoms with Gasteiger partial charge in [-0.15, -0.1) is 0 Å². The molecule has 1 amide bonds. The van der Waals surface area contributed by atoms with Gasteiger partial charge in [-0.2, -0.15) is 0 Å². The quantitative estimate of drug-likeness (QED) is 0.658. The number of hydrogen-bond donors (Lipinski definition) is 3. The zero-order valence-electron chi connectivity index (χ0n) is 11.1. The van der Waals surface area contributed by atoms with E-state index in [1.54, 1.807) is 25.1 Å². The van der Waals surface area contributed by atoms with Crippen LogP contribution in [0.5, 0.6) is 0 Å². The van der Waals surface area contributed by atoms with E-state index in [2.05, 4.69) is 5.32 Å². The maximum Gasteiger partial charge on any atom is 0.338 e. The van der Waals surface area contributed by atoms with Gasteiger partial charge in [0.15, 0.2) is 0 Å². The maximum absolute atomic E-state index is 11.7. The normalized spacial score (nSPS) is 10.2. The summed E-state index contributed by atoms with van der Waals surface area (Å²) in [5, 5.41) is 11.8. The molecule has 5 heteroatoms. The van der Waals surface area contributed by atoms with E-state index in [0.717, 1.165) is 19.3 Å². The van der Waals surface area contributed by atoms with Gasteiger partial charge in [0.2, 0.25) is 5.91 Å². The van der Waals surface area contributed by atoms with Gasteiger partial charge in [-0.3, -0.25) is 4.79 Å². The number of nitrogens with two attached hydrogens (primary N) is 1. The molecule has 0 aliphatic carbocycles. The van der Waals surface area contributed by atoms with E-state index < -0.39 is 5.97 Å². The summed E-state index contributed by atoms with van der Waals surface area (Å²) in [6.07, 6.45) is 2.95. The molecule has 0 bridgehead atoms. The summed E-state index contributed by atoms with van der Waals surface area (Å²) < 4.78 is 0. The van der Waals surface area contributed by atoms with E-state index in [0.29, 0.717) is 24.2 Å². The van der Waals surface area contributed by atoms with Crippen molar-refractivity contribution in [2.24, 2.45) is 5.73 Å². The van der Waals surface area contributed by atoms with Crippen molar-refractivity contribution >= 4 is 17.6 Å². The first-order valence-electron chi connectivity index (χ1n) is 6.39. The number of anilines is 1. The smallest absolute Gasteiger partial charge is 0.338 e. The molecule has 0 aliphatic rings. The highest BCUT2D eigenvalue weighted by Gasteiger charge is 2.14. The molecule has 0 aliphatic heterocycles. The Balaban J connectivity index is 2.64. The Labute approximate surface area is 112 Å². The molecule has 4 N–H and O–H groups in total. The Morgan fingerprint density at radius 1 is 1.26 bits per heavy atom. The number of aromatic carboxylic acids is 1. The zero-order chi connectivity index (χ0) is 14.3. The van der Waals surface area contributed by atoms with Crippen molar-refractivity contribution in [1.29, 1.82) is 0 Å². The second kappa shape index (κ2) is 7.53. The van der Waals surface area contributed by atoms with E-state index in [4.69, 9.17) is 10.8 Å². The van der Waals surface area contributed by atoms with Crippen LogP contribution in [-0.4, -0.2) is 23.5 Å². The summed E-state index contributed by atoms with van der Waals surface area (Å²) in [6, 6.07) is 5.04. The molecule has 1 aromatic carbocycles. The van der Waals surface area contributed by atoms with Gasteiger partial charge in [-0.05, 0) is 37.9 Å². The fourth-order valence-electron chi connectivity index (χ4n) is 1.88. The average Bonchev–Trinajstić information content (AvgIpc) is 2.34. The van der Waals surface area contributed by atoms with Crippen molar-refractivity contribution in [3.8, 4) is 0 Å². The van der Waals surface area contributed by atoms with Crippen LogP contribution in [-0.2, 0) is 4.79 Å². The first kappa shape index (κ1) is 15.2. The molecule has 0 spiro atoms. The van der Waals surface area contributed by atoms with Gasteiger partial charge in [0, 0.05) is 6.42 Å². The Morgan fingerprint density at radius 3 is 2.63 bits per heavy atom.